The van der Waals surface area contributed by atoms with Crippen molar-refractivity contribution in [2.75, 3.05) is 40.0 Å². The molecular formula is C20H32ClN3O2. The highest BCUT2D eigenvalue weighted by Crippen LogP contribution is 2.38. The van der Waals surface area contributed by atoms with Gasteiger partial charge in [-0.3, -0.25) is 4.99 Å². The van der Waals surface area contributed by atoms with Gasteiger partial charge in [-0.25, -0.2) is 0 Å². The predicted octanol–water partition coefficient (Wildman–Crippen LogP) is 3.37. The number of hydrogen-bond acceptors (Lipinski definition) is 3. The highest BCUT2D eigenvalue weighted by molar-refractivity contribution is 6.31. The summed E-state index contributed by atoms with van der Waals surface area (Å²) in [7, 11) is 1.71. The van der Waals surface area contributed by atoms with Crippen molar-refractivity contribution in [3.8, 4) is 0 Å². The van der Waals surface area contributed by atoms with Gasteiger partial charge in [-0.05, 0) is 45.2 Å². The van der Waals surface area contributed by atoms with Crippen molar-refractivity contribution >= 4 is 17.6 Å². The first-order chi connectivity index (χ1) is 12.4. The lowest BCUT2D eigenvalue weighted by atomic mass is 9.74. The molecule has 2 rings (SSSR count). The fraction of sp³-hybridized carbons (Fsp3) is 0.650. The van der Waals surface area contributed by atoms with Crippen LogP contribution in [0.1, 0.15) is 39.2 Å². The maximum absolute atomic E-state index is 6.53. The zero-order valence-electron chi connectivity index (χ0n) is 16.4. The number of benzene rings is 1. The van der Waals surface area contributed by atoms with Crippen LogP contribution in [0.3, 0.4) is 0 Å². The topological polar surface area (TPSA) is 54.9 Å². The molecule has 5 nitrogen and oxygen atoms in total. The number of ether oxygens (including phenoxy) is 2. The number of aliphatic imine (C=N–C) groups is 1. The Morgan fingerprint density at radius 2 is 1.96 bits per heavy atom. The Hall–Kier alpha value is -1.30. The molecule has 2 N–H and O–H groups in total. The summed E-state index contributed by atoms with van der Waals surface area (Å²) in [5.41, 5.74) is 0.843. The normalized spacial score (nSPS) is 17.8. The molecule has 0 radical (unpaired) electrons. The molecule has 0 bridgehead atoms. The number of rotatable bonds is 7. The van der Waals surface area contributed by atoms with Crippen LogP contribution in [0.2, 0.25) is 5.02 Å². The fourth-order valence-corrected chi connectivity index (χ4v) is 3.46. The van der Waals surface area contributed by atoms with Crippen molar-refractivity contribution in [3.05, 3.63) is 34.9 Å². The Labute approximate surface area is 162 Å². The van der Waals surface area contributed by atoms with Gasteiger partial charge in [-0.1, -0.05) is 29.8 Å². The van der Waals surface area contributed by atoms with E-state index in [-0.39, 0.29) is 11.0 Å². The minimum absolute atomic E-state index is 0.0520. The van der Waals surface area contributed by atoms with Crippen LogP contribution in [0.4, 0.5) is 0 Å². The van der Waals surface area contributed by atoms with E-state index in [2.05, 4.69) is 29.7 Å². The Bertz CT molecular complexity index is 598. The fourth-order valence-electron chi connectivity index (χ4n) is 3.12. The molecule has 1 aromatic rings. The standard InChI is InChI=1S/C20H32ClN3O2/c1-5-22-18(23-14-19(2,3)25-4)24-15-20(10-12-26-13-11-20)16-8-6-7-9-17(16)21/h6-9H,5,10-15H2,1-4H3,(H2,22,23,24). The summed E-state index contributed by atoms with van der Waals surface area (Å²) in [6.07, 6.45) is 1.87. The molecule has 1 fully saturated rings. The van der Waals surface area contributed by atoms with E-state index >= 15 is 0 Å². The quantitative estimate of drug-likeness (QED) is 0.561. The summed E-state index contributed by atoms with van der Waals surface area (Å²) >= 11 is 6.53. The molecule has 0 amide bonds. The van der Waals surface area contributed by atoms with Gasteiger partial charge in [0.1, 0.15) is 0 Å². The molecule has 6 heteroatoms. The minimum Gasteiger partial charge on any atom is -0.381 e. The zero-order valence-corrected chi connectivity index (χ0v) is 17.2. The Morgan fingerprint density at radius 3 is 2.58 bits per heavy atom. The van der Waals surface area contributed by atoms with Gasteiger partial charge in [-0.15, -0.1) is 0 Å². The van der Waals surface area contributed by atoms with Crippen molar-refractivity contribution in [2.45, 2.75) is 44.6 Å². The maximum atomic E-state index is 6.53. The Morgan fingerprint density at radius 1 is 1.27 bits per heavy atom. The van der Waals surface area contributed by atoms with Gasteiger partial charge in [0.25, 0.3) is 0 Å². The van der Waals surface area contributed by atoms with E-state index in [9.17, 15) is 0 Å². The van der Waals surface area contributed by atoms with Crippen LogP contribution in [0.15, 0.2) is 29.3 Å². The molecular weight excluding hydrogens is 350 g/mol. The summed E-state index contributed by atoms with van der Waals surface area (Å²) < 4.78 is 11.1. The minimum atomic E-state index is -0.290. The molecule has 0 spiro atoms. The summed E-state index contributed by atoms with van der Waals surface area (Å²) in [6, 6.07) is 8.13. The van der Waals surface area contributed by atoms with Crippen LogP contribution in [-0.4, -0.2) is 51.5 Å². The lowest BCUT2D eigenvalue weighted by molar-refractivity contribution is 0.0310. The number of nitrogens with one attached hydrogen (secondary N) is 2. The van der Waals surface area contributed by atoms with Gasteiger partial charge in [0.05, 0.1) is 12.1 Å². The second-order valence-electron chi connectivity index (χ2n) is 7.39. The third-order valence-electron chi connectivity index (χ3n) is 5.00. The van der Waals surface area contributed by atoms with Crippen LogP contribution < -0.4 is 10.6 Å². The number of nitrogens with zero attached hydrogens (tertiary/aromatic N) is 1. The van der Waals surface area contributed by atoms with Crippen LogP contribution in [0.5, 0.6) is 0 Å². The third-order valence-corrected chi connectivity index (χ3v) is 5.33. The summed E-state index contributed by atoms with van der Waals surface area (Å²) in [5.74, 6) is 0.801. The van der Waals surface area contributed by atoms with Gasteiger partial charge in [0, 0.05) is 43.9 Å². The maximum Gasteiger partial charge on any atom is 0.191 e. The monoisotopic (exact) mass is 381 g/mol. The van der Waals surface area contributed by atoms with Gasteiger partial charge < -0.3 is 20.1 Å². The summed E-state index contributed by atoms with van der Waals surface area (Å²) in [6.45, 7) is 9.78. The second kappa shape index (κ2) is 9.58. The Kier molecular flexibility index (Phi) is 7.74. The molecule has 0 saturated carbocycles. The van der Waals surface area contributed by atoms with E-state index in [0.717, 1.165) is 50.1 Å². The molecule has 0 atom stereocenters. The lowest BCUT2D eigenvalue weighted by Gasteiger charge is -2.39. The van der Waals surface area contributed by atoms with E-state index in [4.69, 9.17) is 26.1 Å². The van der Waals surface area contributed by atoms with Gasteiger partial charge in [-0.2, -0.15) is 0 Å². The third kappa shape index (κ3) is 5.60. The highest BCUT2D eigenvalue weighted by Gasteiger charge is 2.36. The second-order valence-corrected chi connectivity index (χ2v) is 7.79. The lowest BCUT2D eigenvalue weighted by Crippen LogP contribution is -2.48. The molecule has 26 heavy (non-hydrogen) atoms. The van der Waals surface area contributed by atoms with Crippen molar-refractivity contribution in [2.24, 2.45) is 4.99 Å². The molecule has 0 aromatic heterocycles. The van der Waals surface area contributed by atoms with E-state index in [1.807, 2.05) is 26.0 Å². The van der Waals surface area contributed by atoms with E-state index in [1.165, 1.54) is 5.56 Å². The van der Waals surface area contributed by atoms with Crippen molar-refractivity contribution in [1.82, 2.24) is 10.6 Å². The molecule has 1 saturated heterocycles. The van der Waals surface area contributed by atoms with Crippen molar-refractivity contribution < 1.29 is 9.47 Å². The smallest absolute Gasteiger partial charge is 0.191 e. The molecule has 1 aromatic carbocycles. The molecule has 0 aliphatic carbocycles. The zero-order chi connectivity index (χ0) is 19.0. The van der Waals surface area contributed by atoms with E-state index < -0.39 is 0 Å². The average molecular weight is 382 g/mol. The highest BCUT2D eigenvalue weighted by atomic mass is 35.5. The van der Waals surface area contributed by atoms with Gasteiger partial charge in [0.15, 0.2) is 5.96 Å². The molecule has 1 heterocycles. The first-order valence-electron chi connectivity index (χ1n) is 9.32. The molecule has 146 valence electrons. The number of guanidine groups is 1. The number of halogens is 1. The van der Waals surface area contributed by atoms with Crippen LogP contribution in [-0.2, 0) is 14.9 Å². The van der Waals surface area contributed by atoms with Crippen molar-refractivity contribution in [3.63, 3.8) is 0 Å². The molecule has 0 unspecified atom stereocenters. The number of hydrogen-bond donors (Lipinski definition) is 2. The summed E-state index contributed by atoms with van der Waals surface area (Å²) in [5, 5.41) is 7.66. The molecule has 1 aliphatic heterocycles. The van der Waals surface area contributed by atoms with E-state index in [1.54, 1.807) is 7.11 Å². The Balaban J connectivity index is 2.17. The van der Waals surface area contributed by atoms with Crippen LogP contribution in [0, 0.1) is 0 Å². The van der Waals surface area contributed by atoms with E-state index in [0.29, 0.717) is 6.54 Å². The first-order valence-corrected chi connectivity index (χ1v) is 9.70. The van der Waals surface area contributed by atoms with Crippen molar-refractivity contribution in [1.29, 1.82) is 0 Å². The average Bonchev–Trinajstić information content (AvgIpc) is 2.65. The predicted molar refractivity (Wildman–Crippen MR) is 108 cm³/mol. The number of methoxy groups -OCH3 is 1. The largest absolute Gasteiger partial charge is 0.381 e. The van der Waals surface area contributed by atoms with Crippen LogP contribution >= 0.6 is 11.6 Å². The molecule has 1 aliphatic rings. The summed E-state index contributed by atoms with van der Waals surface area (Å²) in [4.78, 5) is 4.69. The first kappa shape index (κ1) is 21.0. The van der Waals surface area contributed by atoms with Gasteiger partial charge in [0.2, 0.25) is 0 Å². The van der Waals surface area contributed by atoms with Crippen LogP contribution in [0.25, 0.3) is 0 Å². The SMILES string of the molecule is CCNC(=NCC(C)(C)OC)NCC1(c2ccccc2Cl)CCOCC1. The van der Waals surface area contributed by atoms with Gasteiger partial charge >= 0.3 is 0 Å².